The van der Waals surface area contributed by atoms with Crippen molar-refractivity contribution in [2.45, 2.75) is 45.3 Å². The molecule has 1 aromatic carbocycles. The van der Waals surface area contributed by atoms with Crippen molar-refractivity contribution >= 4 is 11.8 Å². The lowest BCUT2D eigenvalue weighted by atomic mass is 10.1. The molecule has 1 saturated heterocycles. The van der Waals surface area contributed by atoms with E-state index in [1.54, 1.807) is 12.1 Å². The van der Waals surface area contributed by atoms with Crippen LogP contribution in [0.3, 0.4) is 0 Å². The first-order valence-electron chi connectivity index (χ1n) is 8.46. The van der Waals surface area contributed by atoms with Gasteiger partial charge in [-0.2, -0.15) is 0 Å². The Morgan fingerprint density at radius 3 is 2.67 bits per heavy atom. The number of hydrogen-bond donors (Lipinski definition) is 2. The normalized spacial score (nSPS) is 18.0. The molecule has 1 heterocycles. The predicted molar refractivity (Wildman–Crippen MR) is 93.6 cm³/mol. The minimum atomic E-state index is -0.510. The predicted octanol–water partition coefficient (Wildman–Crippen LogP) is 3.18. The van der Waals surface area contributed by atoms with E-state index < -0.39 is 11.7 Å². The van der Waals surface area contributed by atoms with Crippen LogP contribution >= 0.6 is 0 Å². The standard InChI is InChI=1S/C18H28N2O4/c1-18(2,3)24-17(21)20-14-6-8-16(9-7-14)23-12-10-19-15-5-4-11-22-13-15/h6-9,15,19H,4-5,10-13H2,1-3H3,(H,20,21). The highest BCUT2D eigenvalue weighted by molar-refractivity contribution is 5.84. The zero-order valence-corrected chi connectivity index (χ0v) is 14.8. The number of hydrogen-bond acceptors (Lipinski definition) is 5. The van der Waals surface area contributed by atoms with E-state index in [0.29, 0.717) is 18.3 Å². The first kappa shape index (κ1) is 18.5. The van der Waals surface area contributed by atoms with E-state index in [-0.39, 0.29) is 0 Å². The molecule has 0 aromatic heterocycles. The molecule has 0 radical (unpaired) electrons. The van der Waals surface area contributed by atoms with Gasteiger partial charge in [0.25, 0.3) is 0 Å². The fraction of sp³-hybridized carbons (Fsp3) is 0.611. The number of anilines is 1. The number of ether oxygens (including phenoxy) is 3. The Morgan fingerprint density at radius 1 is 1.29 bits per heavy atom. The molecule has 1 unspecified atom stereocenters. The highest BCUT2D eigenvalue weighted by atomic mass is 16.6. The van der Waals surface area contributed by atoms with Crippen LogP contribution in [0.1, 0.15) is 33.6 Å². The van der Waals surface area contributed by atoms with Gasteiger partial charge < -0.3 is 19.5 Å². The van der Waals surface area contributed by atoms with Gasteiger partial charge in [0.2, 0.25) is 0 Å². The van der Waals surface area contributed by atoms with Crippen molar-refractivity contribution in [2.24, 2.45) is 0 Å². The highest BCUT2D eigenvalue weighted by Gasteiger charge is 2.16. The van der Waals surface area contributed by atoms with E-state index in [0.717, 1.165) is 38.3 Å². The van der Waals surface area contributed by atoms with Crippen LogP contribution in [0.25, 0.3) is 0 Å². The van der Waals surface area contributed by atoms with E-state index in [1.165, 1.54) is 0 Å². The van der Waals surface area contributed by atoms with Crippen LogP contribution in [-0.4, -0.2) is 44.1 Å². The summed E-state index contributed by atoms with van der Waals surface area (Å²) in [5, 5.41) is 6.12. The maximum atomic E-state index is 11.7. The van der Waals surface area contributed by atoms with Crippen LogP contribution < -0.4 is 15.4 Å². The van der Waals surface area contributed by atoms with Gasteiger partial charge in [0.05, 0.1) is 6.61 Å². The molecule has 0 saturated carbocycles. The molecule has 1 fully saturated rings. The smallest absolute Gasteiger partial charge is 0.412 e. The Morgan fingerprint density at radius 2 is 2.04 bits per heavy atom. The van der Waals surface area contributed by atoms with Gasteiger partial charge >= 0.3 is 6.09 Å². The SMILES string of the molecule is CC(C)(C)OC(=O)Nc1ccc(OCCNC2CCCOC2)cc1. The largest absolute Gasteiger partial charge is 0.492 e. The molecule has 0 bridgehead atoms. The molecular formula is C18H28N2O4. The zero-order chi connectivity index (χ0) is 17.4. The van der Waals surface area contributed by atoms with Gasteiger partial charge in [-0.15, -0.1) is 0 Å². The molecule has 1 aliphatic heterocycles. The monoisotopic (exact) mass is 336 g/mol. The minimum Gasteiger partial charge on any atom is -0.492 e. The quantitative estimate of drug-likeness (QED) is 0.781. The summed E-state index contributed by atoms with van der Waals surface area (Å²) in [6.07, 6.45) is 1.81. The summed E-state index contributed by atoms with van der Waals surface area (Å²) in [5.41, 5.74) is 0.165. The topological polar surface area (TPSA) is 68.8 Å². The van der Waals surface area contributed by atoms with Crippen LogP contribution in [-0.2, 0) is 9.47 Å². The Labute approximate surface area is 143 Å². The maximum Gasteiger partial charge on any atom is 0.412 e. The summed E-state index contributed by atoms with van der Waals surface area (Å²) >= 11 is 0. The first-order chi connectivity index (χ1) is 11.4. The molecule has 1 atom stereocenters. The van der Waals surface area contributed by atoms with Gasteiger partial charge in [-0.05, 0) is 57.9 Å². The molecule has 24 heavy (non-hydrogen) atoms. The summed E-state index contributed by atoms with van der Waals surface area (Å²) in [5.74, 6) is 0.770. The van der Waals surface area contributed by atoms with Gasteiger partial charge in [-0.25, -0.2) is 4.79 Å². The number of amides is 1. The van der Waals surface area contributed by atoms with E-state index in [2.05, 4.69) is 10.6 Å². The lowest BCUT2D eigenvalue weighted by molar-refractivity contribution is 0.0636. The third-order valence-electron chi connectivity index (χ3n) is 3.46. The minimum absolute atomic E-state index is 0.433. The van der Waals surface area contributed by atoms with Crippen LogP contribution in [0.5, 0.6) is 5.75 Å². The van der Waals surface area contributed by atoms with Gasteiger partial charge in [0, 0.05) is 24.9 Å². The summed E-state index contributed by atoms with van der Waals surface area (Å²) in [4.78, 5) is 11.7. The third kappa shape index (κ3) is 7.19. The number of benzene rings is 1. The second kappa shape index (κ2) is 8.89. The Bertz CT molecular complexity index is 505. The van der Waals surface area contributed by atoms with Crippen LogP contribution in [0.4, 0.5) is 10.5 Å². The molecule has 2 rings (SSSR count). The van der Waals surface area contributed by atoms with E-state index in [1.807, 2.05) is 32.9 Å². The number of rotatable bonds is 6. The van der Waals surface area contributed by atoms with E-state index in [9.17, 15) is 4.79 Å². The van der Waals surface area contributed by atoms with Crippen molar-refractivity contribution in [1.82, 2.24) is 5.32 Å². The van der Waals surface area contributed by atoms with Crippen molar-refractivity contribution in [1.29, 1.82) is 0 Å². The Balaban J connectivity index is 1.67. The van der Waals surface area contributed by atoms with Gasteiger partial charge in [-0.1, -0.05) is 0 Å². The van der Waals surface area contributed by atoms with Crippen molar-refractivity contribution in [3.63, 3.8) is 0 Å². The summed E-state index contributed by atoms with van der Waals surface area (Å²) in [7, 11) is 0. The number of nitrogens with one attached hydrogen (secondary N) is 2. The van der Waals surface area contributed by atoms with Gasteiger partial charge in [-0.3, -0.25) is 5.32 Å². The van der Waals surface area contributed by atoms with Crippen molar-refractivity contribution < 1.29 is 19.0 Å². The Hall–Kier alpha value is -1.79. The lowest BCUT2D eigenvalue weighted by Gasteiger charge is -2.23. The molecule has 0 aliphatic carbocycles. The fourth-order valence-electron chi connectivity index (χ4n) is 2.39. The zero-order valence-electron chi connectivity index (χ0n) is 14.8. The summed E-state index contributed by atoms with van der Waals surface area (Å²) in [6.45, 7) is 8.52. The van der Waals surface area contributed by atoms with E-state index >= 15 is 0 Å². The maximum absolute atomic E-state index is 11.7. The van der Waals surface area contributed by atoms with Crippen molar-refractivity contribution in [3.05, 3.63) is 24.3 Å². The summed E-state index contributed by atoms with van der Waals surface area (Å²) in [6, 6.07) is 7.68. The summed E-state index contributed by atoms with van der Waals surface area (Å²) < 4.78 is 16.3. The first-order valence-corrected chi connectivity index (χ1v) is 8.46. The molecule has 6 nitrogen and oxygen atoms in total. The third-order valence-corrected chi connectivity index (χ3v) is 3.46. The highest BCUT2D eigenvalue weighted by Crippen LogP contribution is 2.17. The van der Waals surface area contributed by atoms with Crippen molar-refractivity contribution in [3.8, 4) is 5.75 Å². The molecule has 2 N–H and O–H groups in total. The average molecular weight is 336 g/mol. The van der Waals surface area contributed by atoms with Crippen LogP contribution in [0.15, 0.2) is 24.3 Å². The molecule has 134 valence electrons. The second-order valence-electron chi connectivity index (χ2n) is 6.87. The number of carbonyl (C=O) groups is 1. The molecular weight excluding hydrogens is 308 g/mol. The van der Waals surface area contributed by atoms with E-state index in [4.69, 9.17) is 14.2 Å². The second-order valence-corrected chi connectivity index (χ2v) is 6.87. The Kier molecular flexibility index (Phi) is 6.87. The van der Waals surface area contributed by atoms with Crippen molar-refractivity contribution in [2.75, 3.05) is 31.7 Å². The van der Waals surface area contributed by atoms with Crippen LogP contribution in [0, 0.1) is 0 Å². The average Bonchev–Trinajstić information content (AvgIpc) is 2.52. The van der Waals surface area contributed by atoms with Gasteiger partial charge in [0.1, 0.15) is 18.0 Å². The number of carbonyl (C=O) groups excluding carboxylic acids is 1. The fourth-order valence-corrected chi connectivity index (χ4v) is 2.39. The molecule has 1 aromatic rings. The molecule has 1 amide bonds. The molecule has 6 heteroatoms. The molecule has 0 spiro atoms. The molecule has 1 aliphatic rings. The van der Waals surface area contributed by atoms with Crippen LogP contribution in [0.2, 0.25) is 0 Å². The lowest BCUT2D eigenvalue weighted by Crippen LogP contribution is -2.38. The van der Waals surface area contributed by atoms with Gasteiger partial charge in [0.15, 0.2) is 0 Å².